The number of imidazole rings is 1. The summed E-state index contributed by atoms with van der Waals surface area (Å²) in [4.78, 5) is 2.40. The molecule has 1 atom stereocenters. The van der Waals surface area contributed by atoms with E-state index < -0.39 is 0 Å². The summed E-state index contributed by atoms with van der Waals surface area (Å²) in [5.41, 5.74) is 4.81. The van der Waals surface area contributed by atoms with Crippen LogP contribution >= 0.6 is 11.6 Å². The number of allylic oxidation sites excluding steroid dienone is 2. The number of hydrogen-bond donors (Lipinski definition) is 0. The molecule has 3 aromatic rings. The lowest BCUT2D eigenvalue weighted by atomic mass is 10.2. The van der Waals surface area contributed by atoms with Crippen LogP contribution in [0, 0.1) is 0 Å². The van der Waals surface area contributed by atoms with Crippen molar-refractivity contribution in [3.63, 3.8) is 0 Å². The number of rotatable bonds is 7. The van der Waals surface area contributed by atoms with Crippen LogP contribution in [-0.4, -0.2) is 42.3 Å². The van der Waals surface area contributed by atoms with Crippen molar-refractivity contribution in [1.29, 1.82) is 0 Å². The van der Waals surface area contributed by atoms with Crippen LogP contribution in [0.15, 0.2) is 77.4 Å². The van der Waals surface area contributed by atoms with E-state index in [4.69, 9.17) is 11.6 Å². The van der Waals surface area contributed by atoms with E-state index in [1.807, 2.05) is 53.8 Å². The van der Waals surface area contributed by atoms with E-state index in [0.717, 1.165) is 53.1 Å². The molecular formula is C25H31ClN6+2. The van der Waals surface area contributed by atoms with Crippen molar-refractivity contribution in [2.45, 2.75) is 6.92 Å². The highest BCUT2D eigenvalue weighted by Crippen LogP contribution is 2.30. The van der Waals surface area contributed by atoms with Crippen molar-refractivity contribution in [1.82, 2.24) is 4.57 Å². The van der Waals surface area contributed by atoms with E-state index in [9.17, 15) is 0 Å². The predicted octanol–water partition coefficient (Wildman–Crippen LogP) is 5.43. The van der Waals surface area contributed by atoms with Gasteiger partial charge in [0.25, 0.3) is 0 Å². The van der Waals surface area contributed by atoms with Crippen LogP contribution in [0.5, 0.6) is 0 Å². The molecule has 166 valence electrons. The first-order chi connectivity index (χ1) is 15.4. The van der Waals surface area contributed by atoms with Gasteiger partial charge in [0, 0.05) is 23.3 Å². The third kappa shape index (κ3) is 4.76. The molecule has 6 nitrogen and oxygen atoms in total. The van der Waals surface area contributed by atoms with Crippen molar-refractivity contribution in [2.75, 3.05) is 38.1 Å². The van der Waals surface area contributed by atoms with E-state index in [1.54, 1.807) is 0 Å². The van der Waals surface area contributed by atoms with Gasteiger partial charge in [0.2, 0.25) is 11.8 Å². The number of anilines is 1. The highest BCUT2D eigenvalue weighted by Gasteiger charge is 2.20. The minimum Gasteiger partial charge on any atom is -0.366 e. The molecule has 0 amide bonds. The quantitative estimate of drug-likeness (QED) is 0.268. The van der Waals surface area contributed by atoms with Gasteiger partial charge in [-0.1, -0.05) is 17.7 Å². The van der Waals surface area contributed by atoms with Gasteiger partial charge in [-0.15, -0.1) is 5.11 Å². The summed E-state index contributed by atoms with van der Waals surface area (Å²) in [5.74, 6) is 0. The van der Waals surface area contributed by atoms with Gasteiger partial charge >= 0.3 is 0 Å². The van der Waals surface area contributed by atoms with Gasteiger partial charge in [-0.2, -0.15) is 5.11 Å². The van der Waals surface area contributed by atoms with Gasteiger partial charge < -0.3 is 4.90 Å². The molecule has 0 saturated heterocycles. The Balaban J connectivity index is 1.49. The van der Waals surface area contributed by atoms with Crippen molar-refractivity contribution in [2.24, 2.45) is 24.3 Å². The van der Waals surface area contributed by atoms with Crippen molar-refractivity contribution in [3.05, 3.63) is 72.2 Å². The van der Waals surface area contributed by atoms with Gasteiger partial charge in [0.05, 0.1) is 39.6 Å². The van der Waals surface area contributed by atoms with Gasteiger partial charge in [0.15, 0.2) is 5.52 Å². The number of likely N-dealkylation sites (N-methyl/N-ethyl adjacent to an activating group) is 2. The summed E-state index contributed by atoms with van der Waals surface area (Å²) >= 11 is 6.32. The molecule has 0 saturated carbocycles. The Morgan fingerprint density at radius 3 is 2.62 bits per heavy atom. The Bertz CT molecular complexity index is 1190. The molecule has 1 aromatic heterocycles. The van der Waals surface area contributed by atoms with Crippen LogP contribution in [0.3, 0.4) is 0 Å². The number of nitrogens with zero attached hydrogens (tertiary/aromatic N) is 6. The molecule has 1 aliphatic heterocycles. The Morgan fingerprint density at radius 1 is 1.16 bits per heavy atom. The minimum absolute atomic E-state index is 0.651. The van der Waals surface area contributed by atoms with Crippen LogP contribution < -0.4 is 9.47 Å². The van der Waals surface area contributed by atoms with E-state index in [-0.39, 0.29) is 0 Å². The monoisotopic (exact) mass is 450 g/mol. The Hall–Kier alpha value is -2.96. The van der Waals surface area contributed by atoms with Crippen molar-refractivity contribution in [3.8, 4) is 0 Å². The third-order valence-corrected chi connectivity index (χ3v) is 6.30. The Labute approximate surface area is 194 Å². The maximum Gasteiger partial charge on any atom is 0.244 e. The zero-order valence-electron chi connectivity index (χ0n) is 19.2. The maximum absolute atomic E-state index is 6.32. The van der Waals surface area contributed by atoms with E-state index in [0.29, 0.717) is 5.02 Å². The average Bonchev–Trinajstić information content (AvgIpc) is 3.07. The first kappa shape index (κ1) is 22.2. The Kier molecular flexibility index (Phi) is 6.44. The molecule has 7 heteroatoms. The van der Waals surface area contributed by atoms with E-state index in [2.05, 4.69) is 65.7 Å². The normalized spacial score (nSPS) is 18.2. The second-order valence-electron chi connectivity index (χ2n) is 8.58. The number of benzene rings is 2. The maximum atomic E-state index is 6.32. The molecule has 4 rings (SSSR count). The van der Waals surface area contributed by atoms with Crippen LogP contribution in [0.1, 0.15) is 6.92 Å². The fourth-order valence-corrected chi connectivity index (χ4v) is 4.39. The number of aryl methyl sites for hydroxylation is 2. The summed E-state index contributed by atoms with van der Waals surface area (Å²) in [5, 5.41) is 9.65. The number of fused-ring (bicyclic) bond motifs is 1. The van der Waals surface area contributed by atoms with E-state index in [1.165, 1.54) is 5.69 Å². The molecule has 32 heavy (non-hydrogen) atoms. The zero-order chi connectivity index (χ0) is 22.7. The smallest absolute Gasteiger partial charge is 0.244 e. The molecule has 0 spiro atoms. The van der Waals surface area contributed by atoms with Crippen LogP contribution in [0.2, 0.25) is 5.02 Å². The first-order valence-corrected chi connectivity index (χ1v) is 11.4. The van der Waals surface area contributed by atoms with Gasteiger partial charge in [0.1, 0.15) is 18.8 Å². The van der Waals surface area contributed by atoms with E-state index >= 15 is 0 Å². The predicted molar refractivity (Wildman–Crippen MR) is 132 cm³/mol. The second-order valence-corrected chi connectivity index (χ2v) is 9.02. The largest absolute Gasteiger partial charge is 0.366 e. The fraction of sp³-hybridized carbons (Fsp3) is 0.320. The lowest BCUT2D eigenvalue weighted by molar-refractivity contribution is -0.852. The minimum atomic E-state index is 0.651. The third-order valence-electron chi connectivity index (χ3n) is 6.08. The lowest BCUT2D eigenvalue weighted by Crippen LogP contribution is -2.45. The topological polar surface area (TPSA) is 36.8 Å². The van der Waals surface area contributed by atoms with Gasteiger partial charge in [-0.05, 0) is 49.4 Å². The van der Waals surface area contributed by atoms with Crippen LogP contribution in [0.25, 0.3) is 11.0 Å². The summed E-state index contributed by atoms with van der Waals surface area (Å²) < 4.78 is 5.01. The molecule has 1 aliphatic rings. The summed E-state index contributed by atoms with van der Waals surface area (Å²) in [7, 11) is 6.27. The number of aromatic nitrogens is 2. The molecule has 0 fully saturated rings. The number of quaternary nitrogens is 1. The average molecular weight is 451 g/mol. The lowest BCUT2D eigenvalue weighted by Gasteiger charge is -2.33. The highest BCUT2D eigenvalue weighted by atomic mass is 35.5. The number of halogens is 1. The molecular weight excluding hydrogens is 420 g/mol. The standard InChI is InChI=1S/C25H31ClN6/c1-5-31(13-16-32(4)14-7-6-8-15-32)22-11-9-21(10-12-22)27-28-23-17-20(26)18-24-25(23)30(3)19-29(24)2/h6-12,14,17-19H,5,13,15-16H2,1-4H3/q+2/b28-27+. The molecule has 0 N–H and O–H groups in total. The summed E-state index contributed by atoms with van der Waals surface area (Å²) in [6.45, 7) is 6.27. The summed E-state index contributed by atoms with van der Waals surface area (Å²) in [6.07, 6.45) is 10.8. The molecule has 0 radical (unpaired) electrons. The second kappa shape index (κ2) is 9.27. The van der Waals surface area contributed by atoms with Crippen LogP contribution in [0.4, 0.5) is 17.1 Å². The van der Waals surface area contributed by atoms with Crippen molar-refractivity contribution >= 4 is 39.7 Å². The molecule has 1 unspecified atom stereocenters. The fourth-order valence-electron chi connectivity index (χ4n) is 4.18. The molecule has 0 bridgehead atoms. The molecule has 2 heterocycles. The van der Waals surface area contributed by atoms with Gasteiger partial charge in [-0.25, -0.2) is 9.13 Å². The van der Waals surface area contributed by atoms with Crippen molar-refractivity contribution < 1.29 is 9.05 Å². The van der Waals surface area contributed by atoms with Crippen LogP contribution in [-0.2, 0) is 14.1 Å². The van der Waals surface area contributed by atoms with Gasteiger partial charge in [-0.3, -0.25) is 4.48 Å². The highest BCUT2D eigenvalue weighted by molar-refractivity contribution is 6.31. The molecule has 0 aliphatic carbocycles. The first-order valence-electron chi connectivity index (χ1n) is 11.0. The number of azo groups is 1. The summed E-state index contributed by atoms with van der Waals surface area (Å²) in [6, 6.07) is 12.1. The number of hydrogen-bond acceptors (Lipinski definition) is 3. The zero-order valence-corrected chi connectivity index (χ0v) is 20.0. The Morgan fingerprint density at radius 2 is 1.94 bits per heavy atom. The SMILES string of the molecule is CCN(CC[N+]1(C)C=CC=CC1)c1ccc(/N=N/c2cc(Cl)cc3c2n(C)c[n+]3C)cc1. The molecule has 2 aromatic carbocycles.